The highest BCUT2D eigenvalue weighted by Crippen LogP contribution is 2.47. The molecule has 2 aromatic carbocycles. The Labute approximate surface area is 192 Å². The summed E-state index contributed by atoms with van der Waals surface area (Å²) in [6.45, 7) is 7.47. The highest BCUT2D eigenvalue weighted by atomic mass is 16.6. The monoisotopic (exact) mass is 444 g/mol. The van der Waals surface area contributed by atoms with Crippen molar-refractivity contribution in [1.29, 1.82) is 0 Å². The first kappa shape index (κ1) is 21.2. The Kier molecular flexibility index (Phi) is 5.00. The molecule has 2 N–H and O–H groups in total. The summed E-state index contributed by atoms with van der Waals surface area (Å²) in [5, 5.41) is 4.06. The second kappa shape index (κ2) is 7.76. The summed E-state index contributed by atoms with van der Waals surface area (Å²) in [6, 6.07) is 15.3. The molecule has 2 unspecified atom stereocenters. The summed E-state index contributed by atoms with van der Waals surface area (Å²) in [5.41, 5.74) is 2.95. The number of nitrogens with one attached hydrogen (secondary N) is 2. The van der Waals surface area contributed by atoms with Crippen LogP contribution in [0.15, 0.2) is 54.7 Å². The number of amides is 1. The van der Waals surface area contributed by atoms with Crippen molar-refractivity contribution in [3.63, 3.8) is 0 Å². The minimum Gasteiger partial charge on any atom is -0.443 e. The fourth-order valence-corrected chi connectivity index (χ4v) is 4.35. The number of carbonyl (C=O) groups is 2. The number of H-pyrrole nitrogens is 1. The molecule has 1 aliphatic carbocycles. The Morgan fingerprint density at radius 2 is 1.88 bits per heavy atom. The molecule has 0 radical (unpaired) electrons. The van der Waals surface area contributed by atoms with Crippen molar-refractivity contribution >= 4 is 33.9 Å². The highest BCUT2D eigenvalue weighted by molar-refractivity contribution is 5.93. The lowest BCUT2D eigenvalue weighted by Crippen LogP contribution is -2.28. The minimum absolute atomic E-state index is 0.00190. The van der Waals surface area contributed by atoms with Crippen molar-refractivity contribution in [3.05, 3.63) is 66.1 Å². The van der Waals surface area contributed by atoms with Gasteiger partial charge >= 0.3 is 6.09 Å². The van der Waals surface area contributed by atoms with Crippen molar-refractivity contribution in [3.8, 4) is 0 Å². The molecule has 4 aromatic rings. The number of ether oxygens (including phenoxy) is 1. The molecule has 1 saturated carbocycles. The summed E-state index contributed by atoms with van der Waals surface area (Å²) < 4.78 is 7.09. The maximum Gasteiger partial charge on any atom is 0.419 e. The lowest BCUT2D eigenvalue weighted by Gasteiger charge is -2.19. The third kappa shape index (κ3) is 4.11. The fraction of sp³-hybridized carbons (Fsp3) is 0.346. The number of carbonyl (C=O) groups excluding carboxylic acids is 2. The molecule has 0 spiro atoms. The minimum atomic E-state index is -0.597. The molecule has 7 nitrogen and oxygen atoms in total. The average molecular weight is 445 g/mol. The third-order valence-electron chi connectivity index (χ3n) is 6.04. The first-order valence-corrected chi connectivity index (χ1v) is 11.3. The Hall–Kier alpha value is -3.61. The number of nitrogens with zero attached hydrogens (tertiary/aromatic N) is 2. The molecule has 170 valence electrons. The van der Waals surface area contributed by atoms with Gasteiger partial charge in [0, 0.05) is 29.0 Å². The Morgan fingerprint density at radius 3 is 2.64 bits per heavy atom. The van der Waals surface area contributed by atoms with E-state index in [0.717, 1.165) is 39.7 Å². The highest BCUT2D eigenvalue weighted by Gasteiger charge is 2.46. The summed E-state index contributed by atoms with van der Waals surface area (Å²) in [5.74, 6) is 0.868. The van der Waals surface area contributed by atoms with Crippen LogP contribution in [-0.4, -0.2) is 32.1 Å². The number of hydrogen-bond acceptors (Lipinski definition) is 4. The Balaban J connectivity index is 1.33. The molecule has 0 bridgehead atoms. The van der Waals surface area contributed by atoms with Crippen LogP contribution in [0.4, 0.5) is 4.79 Å². The SMILES string of the molecule is CC(NC(=O)C1C[C@H]1c1nc2ccccc2[nH]1)c1cn(C(=O)OC(C)(C)C)c2ccccc12. The van der Waals surface area contributed by atoms with Gasteiger partial charge in [-0.3, -0.25) is 9.36 Å². The Morgan fingerprint density at radius 1 is 1.15 bits per heavy atom. The molecule has 33 heavy (non-hydrogen) atoms. The van der Waals surface area contributed by atoms with Gasteiger partial charge in [0.1, 0.15) is 11.4 Å². The quantitative estimate of drug-likeness (QED) is 0.448. The summed E-state index contributed by atoms with van der Waals surface area (Å²) in [6.07, 6.45) is 2.11. The molecule has 2 aromatic heterocycles. The van der Waals surface area contributed by atoms with E-state index in [2.05, 4.69) is 15.3 Å². The summed E-state index contributed by atoms with van der Waals surface area (Å²) in [7, 11) is 0. The smallest absolute Gasteiger partial charge is 0.419 e. The second-order valence-corrected chi connectivity index (χ2v) is 9.77. The van der Waals surface area contributed by atoms with Crippen molar-refractivity contribution in [2.75, 3.05) is 0 Å². The molecule has 0 saturated heterocycles. The van der Waals surface area contributed by atoms with Gasteiger partial charge in [0.05, 0.1) is 22.6 Å². The largest absolute Gasteiger partial charge is 0.443 e. The van der Waals surface area contributed by atoms with Gasteiger partial charge in [-0.25, -0.2) is 9.78 Å². The number of fused-ring (bicyclic) bond motifs is 2. The van der Waals surface area contributed by atoms with E-state index in [-0.39, 0.29) is 23.8 Å². The Bertz CT molecular complexity index is 1330. The van der Waals surface area contributed by atoms with Gasteiger partial charge in [-0.15, -0.1) is 0 Å². The number of hydrogen-bond donors (Lipinski definition) is 2. The topological polar surface area (TPSA) is 89.0 Å². The first-order valence-electron chi connectivity index (χ1n) is 11.3. The van der Waals surface area contributed by atoms with Crippen molar-refractivity contribution in [2.45, 2.75) is 51.7 Å². The van der Waals surface area contributed by atoms with Crippen LogP contribution in [0.1, 0.15) is 57.5 Å². The van der Waals surface area contributed by atoms with E-state index >= 15 is 0 Å². The molecular weight excluding hydrogens is 416 g/mol. The van der Waals surface area contributed by atoms with Crippen LogP contribution in [0.2, 0.25) is 0 Å². The molecule has 7 heteroatoms. The lowest BCUT2D eigenvalue weighted by molar-refractivity contribution is -0.123. The maximum absolute atomic E-state index is 13.0. The van der Waals surface area contributed by atoms with Crippen LogP contribution in [0.5, 0.6) is 0 Å². The summed E-state index contributed by atoms with van der Waals surface area (Å²) in [4.78, 5) is 33.8. The van der Waals surface area contributed by atoms with E-state index < -0.39 is 11.7 Å². The van der Waals surface area contributed by atoms with Gasteiger partial charge in [-0.1, -0.05) is 30.3 Å². The molecule has 3 atom stereocenters. The zero-order valence-corrected chi connectivity index (χ0v) is 19.3. The number of benzene rings is 2. The van der Waals surface area contributed by atoms with E-state index in [0.29, 0.717) is 0 Å². The number of imidazole rings is 1. The lowest BCUT2D eigenvalue weighted by atomic mass is 10.1. The van der Waals surface area contributed by atoms with E-state index in [1.54, 1.807) is 6.20 Å². The fourth-order valence-electron chi connectivity index (χ4n) is 4.35. The molecule has 0 aliphatic heterocycles. The van der Waals surface area contributed by atoms with E-state index in [1.807, 2.05) is 76.2 Å². The number of rotatable bonds is 4. The van der Waals surface area contributed by atoms with Crippen molar-refractivity contribution < 1.29 is 14.3 Å². The van der Waals surface area contributed by atoms with Crippen LogP contribution in [0.3, 0.4) is 0 Å². The van der Waals surface area contributed by atoms with Gasteiger partial charge in [-0.2, -0.15) is 0 Å². The van der Waals surface area contributed by atoms with Gasteiger partial charge in [0.15, 0.2) is 0 Å². The number of aromatic amines is 1. The van der Waals surface area contributed by atoms with Crippen molar-refractivity contribution in [2.24, 2.45) is 5.92 Å². The molecule has 1 fully saturated rings. The predicted octanol–water partition coefficient (Wildman–Crippen LogP) is 5.28. The van der Waals surface area contributed by atoms with E-state index in [1.165, 1.54) is 4.57 Å². The molecular formula is C26H28N4O3. The average Bonchev–Trinajstić information content (AvgIpc) is 3.29. The van der Waals surface area contributed by atoms with Gasteiger partial charge in [0.25, 0.3) is 0 Å². The normalized spacial score (nSPS) is 18.9. The maximum atomic E-state index is 13.0. The zero-order chi connectivity index (χ0) is 23.3. The van der Waals surface area contributed by atoms with Gasteiger partial charge < -0.3 is 15.0 Å². The number of aromatic nitrogens is 3. The van der Waals surface area contributed by atoms with Crippen LogP contribution >= 0.6 is 0 Å². The van der Waals surface area contributed by atoms with Gasteiger partial charge in [-0.05, 0) is 52.3 Å². The van der Waals surface area contributed by atoms with Crippen molar-refractivity contribution in [1.82, 2.24) is 19.9 Å². The standard InChI is InChI=1S/C26H28N4O3/c1-15(19-14-30(25(32)33-26(2,3)4)22-12-8-5-9-16(19)22)27-24(31)18-13-17(18)23-28-20-10-6-7-11-21(20)29-23/h5-12,14-15,17-18H,13H2,1-4H3,(H,27,31)(H,28,29)/t15?,17-,18?/m1/s1. The second-order valence-electron chi connectivity index (χ2n) is 9.77. The predicted molar refractivity (Wildman–Crippen MR) is 127 cm³/mol. The molecule has 5 rings (SSSR count). The van der Waals surface area contributed by atoms with Crippen LogP contribution in [-0.2, 0) is 9.53 Å². The van der Waals surface area contributed by atoms with Crippen LogP contribution in [0.25, 0.3) is 21.9 Å². The summed E-state index contributed by atoms with van der Waals surface area (Å²) >= 11 is 0. The third-order valence-corrected chi connectivity index (χ3v) is 6.04. The van der Waals surface area contributed by atoms with Gasteiger partial charge in [0.2, 0.25) is 5.91 Å². The van der Waals surface area contributed by atoms with Crippen LogP contribution in [0, 0.1) is 5.92 Å². The van der Waals surface area contributed by atoms with E-state index in [4.69, 9.17) is 4.74 Å². The first-order chi connectivity index (χ1) is 15.7. The molecule has 1 aliphatic rings. The zero-order valence-electron chi connectivity index (χ0n) is 19.3. The van der Waals surface area contributed by atoms with E-state index in [9.17, 15) is 9.59 Å². The molecule has 1 amide bonds. The van der Waals surface area contributed by atoms with Crippen LogP contribution < -0.4 is 5.32 Å². The number of para-hydroxylation sites is 3. The molecule has 2 heterocycles.